The van der Waals surface area contributed by atoms with Crippen LogP contribution in [0, 0.1) is 5.41 Å². The summed E-state index contributed by atoms with van der Waals surface area (Å²) in [5, 5.41) is 0. The number of allylic oxidation sites excluding steroid dienone is 3. The highest BCUT2D eigenvalue weighted by molar-refractivity contribution is 5.18. The fourth-order valence-corrected chi connectivity index (χ4v) is 2.22. The van der Waals surface area contributed by atoms with Crippen LogP contribution in [0.3, 0.4) is 0 Å². The minimum atomic E-state index is 0.718. The molecule has 0 nitrogen and oxygen atoms in total. The van der Waals surface area contributed by atoms with E-state index in [2.05, 4.69) is 18.7 Å². The van der Waals surface area contributed by atoms with Crippen LogP contribution in [0.2, 0.25) is 0 Å². The lowest BCUT2D eigenvalue weighted by Gasteiger charge is -2.41. The van der Waals surface area contributed by atoms with E-state index in [0.717, 1.165) is 5.41 Å². The van der Waals surface area contributed by atoms with Crippen LogP contribution in [0.5, 0.6) is 0 Å². The first-order chi connectivity index (χ1) is 5.31. The van der Waals surface area contributed by atoms with Crippen LogP contribution < -0.4 is 0 Å². The van der Waals surface area contributed by atoms with Gasteiger partial charge in [-0.2, -0.15) is 0 Å². The van der Waals surface area contributed by atoms with Crippen molar-refractivity contribution in [1.29, 1.82) is 0 Å². The molecule has 0 heterocycles. The fourth-order valence-electron chi connectivity index (χ4n) is 2.22. The van der Waals surface area contributed by atoms with E-state index >= 15 is 0 Å². The van der Waals surface area contributed by atoms with Gasteiger partial charge in [-0.25, -0.2) is 0 Å². The summed E-state index contributed by atoms with van der Waals surface area (Å²) in [6.07, 6.45) is 12.9. The third kappa shape index (κ3) is 1.26. The second-order valence-corrected chi connectivity index (χ2v) is 4.12. The molecule has 2 rings (SSSR count). The molecule has 0 aromatic carbocycles. The van der Waals surface area contributed by atoms with Crippen LogP contribution >= 0.6 is 0 Å². The van der Waals surface area contributed by atoms with Crippen LogP contribution in [-0.4, -0.2) is 0 Å². The van der Waals surface area contributed by atoms with E-state index in [9.17, 15) is 0 Å². The van der Waals surface area contributed by atoms with Crippen LogP contribution in [0.4, 0.5) is 0 Å². The Morgan fingerprint density at radius 1 is 1.27 bits per heavy atom. The van der Waals surface area contributed by atoms with Gasteiger partial charge < -0.3 is 0 Å². The molecule has 0 aliphatic heterocycles. The van der Waals surface area contributed by atoms with E-state index in [4.69, 9.17) is 0 Å². The zero-order chi connectivity index (χ0) is 7.73. The lowest BCUT2D eigenvalue weighted by molar-refractivity contribution is 0.126. The lowest BCUT2D eigenvalue weighted by Crippen LogP contribution is -2.27. The quantitative estimate of drug-likeness (QED) is 0.493. The van der Waals surface area contributed by atoms with Crippen molar-refractivity contribution in [2.45, 2.75) is 38.5 Å². The summed E-state index contributed by atoms with van der Waals surface area (Å²) in [5.74, 6) is 0. The highest BCUT2D eigenvalue weighted by Crippen LogP contribution is 2.49. The molecule has 0 bridgehead atoms. The monoisotopic (exact) mass is 148 g/mol. The van der Waals surface area contributed by atoms with E-state index in [-0.39, 0.29) is 0 Å². The van der Waals surface area contributed by atoms with E-state index < -0.39 is 0 Å². The molecule has 0 aromatic heterocycles. The Labute approximate surface area is 69.0 Å². The van der Waals surface area contributed by atoms with Gasteiger partial charge in [0, 0.05) is 0 Å². The van der Waals surface area contributed by atoms with Crippen LogP contribution in [0.15, 0.2) is 24.3 Å². The van der Waals surface area contributed by atoms with Crippen LogP contribution in [-0.2, 0) is 0 Å². The van der Waals surface area contributed by atoms with Crippen LogP contribution in [0.25, 0.3) is 0 Å². The first-order valence-corrected chi connectivity index (χ1v) is 4.65. The van der Waals surface area contributed by atoms with E-state index in [1.165, 1.54) is 44.1 Å². The highest BCUT2D eigenvalue weighted by Gasteiger charge is 2.35. The van der Waals surface area contributed by atoms with Crippen molar-refractivity contribution in [2.75, 3.05) is 0 Å². The van der Waals surface area contributed by atoms with Crippen molar-refractivity contribution in [3.8, 4) is 0 Å². The second kappa shape index (κ2) is 2.51. The smallest absolute Gasteiger partial charge is 0.0260 e. The molecule has 2 aliphatic carbocycles. The van der Waals surface area contributed by atoms with Gasteiger partial charge in [-0.1, -0.05) is 30.7 Å². The maximum atomic E-state index is 4.01. The third-order valence-corrected chi connectivity index (χ3v) is 3.30. The lowest BCUT2D eigenvalue weighted by atomic mass is 9.64. The van der Waals surface area contributed by atoms with Gasteiger partial charge in [-0.15, -0.1) is 0 Å². The summed E-state index contributed by atoms with van der Waals surface area (Å²) in [4.78, 5) is 0. The highest BCUT2D eigenvalue weighted by atomic mass is 14.4. The molecule has 0 unspecified atom stereocenters. The Morgan fingerprint density at radius 2 is 2.09 bits per heavy atom. The summed E-state index contributed by atoms with van der Waals surface area (Å²) in [6.45, 7) is 4.01. The average Bonchev–Trinajstić information content (AvgIpc) is 2.09. The Hall–Kier alpha value is -0.520. The molecular weight excluding hydrogens is 132 g/mol. The normalized spacial score (nSPS) is 28.2. The van der Waals surface area contributed by atoms with Gasteiger partial charge in [-0.3, -0.25) is 0 Å². The number of hydrogen-bond donors (Lipinski definition) is 0. The Bertz CT molecular complexity index is 194. The maximum absolute atomic E-state index is 4.01. The molecule has 0 saturated heterocycles. The van der Waals surface area contributed by atoms with Gasteiger partial charge in [0.25, 0.3) is 0 Å². The SMILES string of the molecule is C=C1C=CCC2(CCC2)CC1. The molecule has 11 heavy (non-hydrogen) atoms. The third-order valence-electron chi connectivity index (χ3n) is 3.30. The molecule has 0 aromatic rings. The van der Waals surface area contributed by atoms with Gasteiger partial charge in [-0.05, 0) is 37.5 Å². The van der Waals surface area contributed by atoms with E-state index in [0.29, 0.717) is 0 Å². The van der Waals surface area contributed by atoms with Crippen molar-refractivity contribution in [2.24, 2.45) is 5.41 Å². The van der Waals surface area contributed by atoms with Crippen molar-refractivity contribution in [3.63, 3.8) is 0 Å². The molecule has 60 valence electrons. The standard InChI is InChI=1S/C11H16/c1-10-4-2-6-11(9-5-10)7-3-8-11/h2,4H,1,3,5-9H2. The summed E-state index contributed by atoms with van der Waals surface area (Å²) >= 11 is 0. The first kappa shape index (κ1) is 7.15. The van der Waals surface area contributed by atoms with E-state index in [1.54, 1.807) is 0 Å². The number of hydrogen-bond acceptors (Lipinski definition) is 0. The fraction of sp³-hybridized carbons (Fsp3) is 0.636. The predicted molar refractivity (Wildman–Crippen MR) is 48.4 cm³/mol. The Morgan fingerprint density at radius 3 is 2.73 bits per heavy atom. The molecule has 0 N–H and O–H groups in total. The average molecular weight is 148 g/mol. The minimum absolute atomic E-state index is 0.718. The molecule has 1 spiro atoms. The maximum Gasteiger partial charge on any atom is -0.0260 e. The van der Waals surface area contributed by atoms with Crippen molar-refractivity contribution in [3.05, 3.63) is 24.3 Å². The first-order valence-electron chi connectivity index (χ1n) is 4.65. The molecule has 0 radical (unpaired) electrons. The molecule has 2 aliphatic rings. The van der Waals surface area contributed by atoms with Gasteiger partial charge in [0.05, 0.1) is 0 Å². The van der Waals surface area contributed by atoms with E-state index in [1.807, 2.05) is 0 Å². The Balaban J connectivity index is 2.05. The molecular formula is C11H16. The van der Waals surface area contributed by atoms with Gasteiger partial charge in [0.1, 0.15) is 0 Å². The molecule has 0 atom stereocenters. The van der Waals surface area contributed by atoms with Crippen LogP contribution in [0.1, 0.15) is 38.5 Å². The zero-order valence-corrected chi connectivity index (χ0v) is 7.10. The second-order valence-electron chi connectivity index (χ2n) is 4.12. The minimum Gasteiger partial charge on any atom is -0.0958 e. The molecule has 1 saturated carbocycles. The predicted octanol–water partition coefficient (Wildman–Crippen LogP) is 3.45. The molecule has 1 fully saturated rings. The summed E-state index contributed by atoms with van der Waals surface area (Å²) in [5.41, 5.74) is 2.05. The summed E-state index contributed by atoms with van der Waals surface area (Å²) in [7, 11) is 0. The molecule has 0 amide bonds. The number of rotatable bonds is 0. The Kier molecular flexibility index (Phi) is 1.63. The zero-order valence-electron chi connectivity index (χ0n) is 7.10. The molecule has 0 heteroatoms. The van der Waals surface area contributed by atoms with Crippen molar-refractivity contribution in [1.82, 2.24) is 0 Å². The summed E-state index contributed by atoms with van der Waals surface area (Å²) < 4.78 is 0. The van der Waals surface area contributed by atoms with Gasteiger partial charge in [0.2, 0.25) is 0 Å². The largest absolute Gasteiger partial charge is 0.0958 e. The van der Waals surface area contributed by atoms with Gasteiger partial charge >= 0.3 is 0 Å². The van der Waals surface area contributed by atoms with Crippen molar-refractivity contribution >= 4 is 0 Å². The van der Waals surface area contributed by atoms with Crippen molar-refractivity contribution < 1.29 is 0 Å². The topological polar surface area (TPSA) is 0 Å². The summed E-state index contributed by atoms with van der Waals surface area (Å²) in [6, 6.07) is 0. The van der Waals surface area contributed by atoms with Gasteiger partial charge in [0.15, 0.2) is 0 Å².